The average Bonchev–Trinajstić information content (AvgIpc) is 2.34. The van der Waals surface area contributed by atoms with Gasteiger partial charge in [-0.2, -0.15) is 0 Å². The van der Waals surface area contributed by atoms with Crippen molar-refractivity contribution in [1.29, 1.82) is 0 Å². The highest BCUT2D eigenvalue weighted by Gasteiger charge is 2.18. The first-order valence-corrected chi connectivity index (χ1v) is 6.49. The second-order valence-corrected chi connectivity index (χ2v) is 4.14. The molecule has 4 nitrogen and oxygen atoms in total. The van der Waals surface area contributed by atoms with Crippen LogP contribution in [-0.2, 0) is 9.47 Å². The van der Waals surface area contributed by atoms with Crippen molar-refractivity contribution in [3.05, 3.63) is 0 Å². The molecule has 0 radical (unpaired) electrons. The molecular weight excluding hydrogens is 204 g/mol. The number of ether oxygens (including phenoxy) is 2. The molecule has 1 N–H and O–H groups in total. The van der Waals surface area contributed by atoms with Gasteiger partial charge in [-0.05, 0) is 26.4 Å². The fourth-order valence-electron chi connectivity index (χ4n) is 1.90. The number of nitrogens with one attached hydrogen (secondary N) is 1. The van der Waals surface area contributed by atoms with Crippen LogP contribution in [0.5, 0.6) is 0 Å². The maximum Gasteiger partial charge on any atom is 0.0826 e. The molecule has 1 rings (SSSR count). The van der Waals surface area contributed by atoms with E-state index < -0.39 is 0 Å². The molecule has 0 spiro atoms. The summed E-state index contributed by atoms with van der Waals surface area (Å²) in [4.78, 5) is 2.44. The van der Waals surface area contributed by atoms with E-state index in [-0.39, 0.29) is 0 Å². The molecule has 0 aromatic rings. The van der Waals surface area contributed by atoms with Gasteiger partial charge in [0, 0.05) is 32.8 Å². The summed E-state index contributed by atoms with van der Waals surface area (Å²) < 4.78 is 11.0. The van der Waals surface area contributed by atoms with Gasteiger partial charge < -0.3 is 14.8 Å². The number of rotatable bonds is 8. The van der Waals surface area contributed by atoms with Crippen LogP contribution in [0, 0.1) is 0 Å². The average molecular weight is 230 g/mol. The van der Waals surface area contributed by atoms with Crippen LogP contribution in [0.25, 0.3) is 0 Å². The van der Waals surface area contributed by atoms with Crippen LogP contribution in [0.4, 0.5) is 0 Å². The Hall–Kier alpha value is -0.160. The first-order valence-electron chi connectivity index (χ1n) is 6.49. The van der Waals surface area contributed by atoms with Gasteiger partial charge in [0.1, 0.15) is 0 Å². The van der Waals surface area contributed by atoms with Crippen LogP contribution < -0.4 is 5.32 Å². The summed E-state index contributed by atoms with van der Waals surface area (Å²) in [6, 6.07) is 0. The molecule has 1 saturated heterocycles. The second kappa shape index (κ2) is 8.93. The smallest absolute Gasteiger partial charge is 0.0826 e. The minimum Gasteiger partial charge on any atom is -0.382 e. The van der Waals surface area contributed by atoms with Gasteiger partial charge in [-0.25, -0.2) is 0 Å². The van der Waals surface area contributed by atoms with E-state index in [1.54, 1.807) is 0 Å². The third-order valence-electron chi connectivity index (χ3n) is 2.89. The van der Waals surface area contributed by atoms with Gasteiger partial charge in [-0.3, -0.25) is 4.90 Å². The van der Waals surface area contributed by atoms with Gasteiger partial charge in [0.25, 0.3) is 0 Å². The number of hydrogen-bond acceptors (Lipinski definition) is 4. The van der Waals surface area contributed by atoms with E-state index in [1.807, 2.05) is 6.92 Å². The van der Waals surface area contributed by atoms with Gasteiger partial charge >= 0.3 is 0 Å². The van der Waals surface area contributed by atoms with Crippen LogP contribution in [-0.4, -0.2) is 63.5 Å². The Bertz CT molecular complexity index is 167. The minimum atomic E-state index is 0.362. The molecule has 1 aliphatic rings. The lowest BCUT2D eigenvalue weighted by Gasteiger charge is -2.32. The highest BCUT2D eigenvalue weighted by molar-refractivity contribution is 4.72. The van der Waals surface area contributed by atoms with Crippen LogP contribution in [0.3, 0.4) is 0 Å². The fraction of sp³-hybridized carbons (Fsp3) is 1.00. The summed E-state index contributed by atoms with van der Waals surface area (Å²) >= 11 is 0. The Balaban J connectivity index is 1.95. The largest absolute Gasteiger partial charge is 0.382 e. The van der Waals surface area contributed by atoms with Crippen LogP contribution in [0.2, 0.25) is 0 Å². The van der Waals surface area contributed by atoms with E-state index in [1.165, 1.54) is 0 Å². The van der Waals surface area contributed by atoms with Crippen molar-refractivity contribution in [2.75, 3.05) is 52.5 Å². The first kappa shape index (κ1) is 13.9. The number of nitrogens with zero attached hydrogens (tertiary/aromatic N) is 1. The lowest BCUT2D eigenvalue weighted by Crippen LogP contribution is -2.46. The van der Waals surface area contributed by atoms with E-state index in [2.05, 4.69) is 17.1 Å². The normalized spacial score (nSPS) is 22.5. The highest BCUT2D eigenvalue weighted by Crippen LogP contribution is 2.03. The predicted octanol–water partition coefficient (Wildman–Crippen LogP) is 0.723. The molecule has 0 aliphatic carbocycles. The standard InChI is InChI=1S/C12H26N2O2/c1-3-14-7-9-16-12(11-14)10-13-6-5-8-15-4-2/h12-13H,3-11H2,1-2H3. The summed E-state index contributed by atoms with van der Waals surface area (Å²) in [5, 5.41) is 3.43. The predicted molar refractivity (Wildman–Crippen MR) is 65.8 cm³/mol. The Morgan fingerprint density at radius 3 is 3.06 bits per heavy atom. The SMILES string of the molecule is CCOCCCNCC1CN(CC)CCO1. The van der Waals surface area contributed by atoms with Crippen molar-refractivity contribution in [1.82, 2.24) is 10.2 Å². The molecule has 1 atom stereocenters. The monoisotopic (exact) mass is 230 g/mol. The summed E-state index contributed by atoms with van der Waals surface area (Å²) in [6.07, 6.45) is 1.44. The zero-order valence-electron chi connectivity index (χ0n) is 10.7. The zero-order chi connectivity index (χ0) is 11.6. The fourth-order valence-corrected chi connectivity index (χ4v) is 1.90. The molecule has 1 fully saturated rings. The first-order chi connectivity index (χ1) is 7.86. The number of likely N-dealkylation sites (N-methyl/N-ethyl adjacent to an activating group) is 1. The van der Waals surface area contributed by atoms with E-state index >= 15 is 0 Å². The molecule has 1 unspecified atom stereocenters. The lowest BCUT2D eigenvalue weighted by molar-refractivity contribution is -0.0253. The van der Waals surface area contributed by atoms with E-state index in [0.29, 0.717) is 6.10 Å². The van der Waals surface area contributed by atoms with Crippen LogP contribution >= 0.6 is 0 Å². The summed E-state index contributed by atoms with van der Waals surface area (Å²) in [6.45, 7) is 12.0. The molecule has 1 heterocycles. The Morgan fingerprint density at radius 2 is 2.31 bits per heavy atom. The van der Waals surface area contributed by atoms with Gasteiger partial charge in [0.05, 0.1) is 12.7 Å². The van der Waals surface area contributed by atoms with Gasteiger partial charge in [-0.1, -0.05) is 6.92 Å². The molecule has 4 heteroatoms. The van der Waals surface area contributed by atoms with E-state index in [0.717, 1.165) is 59.0 Å². The Labute approximate surface area is 99.3 Å². The van der Waals surface area contributed by atoms with Gasteiger partial charge in [0.15, 0.2) is 0 Å². The summed E-state index contributed by atoms with van der Waals surface area (Å²) in [7, 11) is 0. The minimum absolute atomic E-state index is 0.362. The van der Waals surface area contributed by atoms with Gasteiger partial charge in [-0.15, -0.1) is 0 Å². The second-order valence-electron chi connectivity index (χ2n) is 4.14. The molecule has 16 heavy (non-hydrogen) atoms. The van der Waals surface area contributed by atoms with Crippen molar-refractivity contribution < 1.29 is 9.47 Å². The maximum absolute atomic E-state index is 5.70. The molecule has 0 amide bonds. The van der Waals surface area contributed by atoms with Crippen LogP contribution in [0.1, 0.15) is 20.3 Å². The van der Waals surface area contributed by atoms with Crippen molar-refractivity contribution in [3.8, 4) is 0 Å². The van der Waals surface area contributed by atoms with Crippen molar-refractivity contribution in [3.63, 3.8) is 0 Å². The van der Waals surface area contributed by atoms with Crippen LogP contribution in [0.15, 0.2) is 0 Å². The molecule has 96 valence electrons. The third kappa shape index (κ3) is 5.80. The quantitative estimate of drug-likeness (QED) is 0.623. The molecule has 1 aliphatic heterocycles. The van der Waals surface area contributed by atoms with Gasteiger partial charge in [0.2, 0.25) is 0 Å². The molecular formula is C12H26N2O2. The Morgan fingerprint density at radius 1 is 1.44 bits per heavy atom. The number of hydrogen-bond donors (Lipinski definition) is 1. The van der Waals surface area contributed by atoms with E-state index in [4.69, 9.17) is 9.47 Å². The third-order valence-corrected chi connectivity index (χ3v) is 2.89. The van der Waals surface area contributed by atoms with Crippen molar-refractivity contribution in [2.45, 2.75) is 26.4 Å². The summed E-state index contributed by atoms with van der Waals surface area (Å²) in [5.41, 5.74) is 0. The van der Waals surface area contributed by atoms with Crippen molar-refractivity contribution >= 4 is 0 Å². The highest BCUT2D eigenvalue weighted by atomic mass is 16.5. The number of morpholine rings is 1. The molecule has 0 aromatic carbocycles. The van der Waals surface area contributed by atoms with Crippen molar-refractivity contribution in [2.24, 2.45) is 0 Å². The Kier molecular flexibility index (Phi) is 7.76. The zero-order valence-corrected chi connectivity index (χ0v) is 10.7. The maximum atomic E-state index is 5.70. The molecule has 0 aromatic heterocycles. The molecule has 0 bridgehead atoms. The summed E-state index contributed by atoms with van der Waals surface area (Å²) in [5.74, 6) is 0. The lowest BCUT2D eigenvalue weighted by atomic mass is 10.2. The molecule has 0 saturated carbocycles. The van der Waals surface area contributed by atoms with E-state index in [9.17, 15) is 0 Å². The topological polar surface area (TPSA) is 33.7 Å².